The number of nitrogens with one attached hydrogen (secondary N) is 2. The van der Waals surface area contributed by atoms with Crippen molar-refractivity contribution in [2.24, 2.45) is 0 Å². The summed E-state index contributed by atoms with van der Waals surface area (Å²) in [6.45, 7) is 5.96. The predicted octanol–water partition coefficient (Wildman–Crippen LogP) is 3.71. The molecule has 0 fully saturated rings. The summed E-state index contributed by atoms with van der Waals surface area (Å²) in [5.74, 6) is 0. The van der Waals surface area contributed by atoms with Gasteiger partial charge in [0.25, 0.3) is 0 Å². The van der Waals surface area contributed by atoms with Crippen molar-refractivity contribution in [1.29, 1.82) is 0 Å². The van der Waals surface area contributed by atoms with E-state index in [0.717, 1.165) is 11.1 Å². The molecule has 0 unspecified atom stereocenters. The second kappa shape index (κ2) is 5.82. The molecule has 0 spiro atoms. The number of carbonyl (C=O) groups is 1. The minimum Gasteiger partial charge on any atom is -0.444 e. The molecule has 4 nitrogen and oxygen atoms in total. The van der Waals surface area contributed by atoms with E-state index in [1.165, 1.54) is 5.39 Å². The van der Waals surface area contributed by atoms with Crippen molar-refractivity contribution in [1.82, 2.24) is 10.3 Å². The fraction of sp³-hybridized carbons (Fsp3) is 0.312. The summed E-state index contributed by atoms with van der Waals surface area (Å²) < 4.78 is 5.16. The van der Waals surface area contributed by atoms with Crippen LogP contribution >= 0.6 is 0 Å². The van der Waals surface area contributed by atoms with Crippen molar-refractivity contribution in [2.75, 3.05) is 6.54 Å². The van der Waals surface area contributed by atoms with E-state index in [0.29, 0.717) is 6.54 Å². The van der Waals surface area contributed by atoms with Crippen LogP contribution in [0.2, 0.25) is 0 Å². The first-order valence-corrected chi connectivity index (χ1v) is 6.65. The Balaban J connectivity index is 1.91. The Kier molecular flexibility index (Phi) is 4.13. The van der Waals surface area contributed by atoms with E-state index in [9.17, 15) is 4.79 Å². The standard InChI is InChI=1S/C16H20N2O2/c1-16(2,3)20-15(19)18-10-5-8-12-6-4-7-13-9-11-17-14(12)13/h4-9,11,17H,10H2,1-3H3,(H,18,19). The number of benzene rings is 1. The lowest BCUT2D eigenvalue weighted by atomic mass is 10.1. The van der Waals surface area contributed by atoms with Crippen LogP contribution in [-0.2, 0) is 4.74 Å². The van der Waals surface area contributed by atoms with Crippen LogP contribution in [0.25, 0.3) is 17.0 Å². The van der Waals surface area contributed by atoms with Crippen molar-refractivity contribution < 1.29 is 9.53 Å². The number of aromatic nitrogens is 1. The lowest BCUT2D eigenvalue weighted by molar-refractivity contribution is 0.0534. The van der Waals surface area contributed by atoms with Crippen LogP contribution in [0.3, 0.4) is 0 Å². The molecule has 0 aliphatic carbocycles. The maximum atomic E-state index is 11.5. The van der Waals surface area contributed by atoms with E-state index in [2.05, 4.69) is 16.4 Å². The fourth-order valence-corrected chi connectivity index (χ4v) is 1.89. The smallest absolute Gasteiger partial charge is 0.407 e. The van der Waals surface area contributed by atoms with Crippen LogP contribution in [-0.4, -0.2) is 23.2 Å². The number of para-hydroxylation sites is 1. The average Bonchev–Trinajstić information content (AvgIpc) is 2.81. The third-order valence-corrected chi connectivity index (χ3v) is 2.68. The number of aromatic amines is 1. The summed E-state index contributed by atoms with van der Waals surface area (Å²) in [5, 5.41) is 3.87. The zero-order valence-electron chi connectivity index (χ0n) is 12.1. The third-order valence-electron chi connectivity index (χ3n) is 2.68. The summed E-state index contributed by atoms with van der Waals surface area (Å²) in [6.07, 6.45) is 5.40. The van der Waals surface area contributed by atoms with Crippen LogP contribution in [0.15, 0.2) is 36.5 Å². The average molecular weight is 272 g/mol. The van der Waals surface area contributed by atoms with Crippen molar-refractivity contribution in [3.05, 3.63) is 42.1 Å². The molecule has 2 aromatic rings. The van der Waals surface area contributed by atoms with Gasteiger partial charge in [-0.15, -0.1) is 0 Å². The highest BCUT2D eigenvalue weighted by Gasteiger charge is 2.14. The van der Waals surface area contributed by atoms with Gasteiger partial charge in [0.15, 0.2) is 0 Å². The summed E-state index contributed by atoms with van der Waals surface area (Å²) in [6, 6.07) is 8.13. The van der Waals surface area contributed by atoms with Crippen LogP contribution in [0.5, 0.6) is 0 Å². The second-order valence-electron chi connectivity index (χ2n) is 5.57. The van der Waals surface area contributed by atoms with E-state index in [4.69, 9.17) is 4.74 Å². The Hall–Kier alpha value is -2.23. The van der Waals surface area contributed by atoms with E-state index >= 15 is 0 Å². The Morgan fingerprint density at radius 3 is 2.90 bits per heavy atom. The van der Waals surface area contributed by atoms with Crippen LogP contribution in [0.4, 0.5) is 4.79 Å². The van der Waals surface area contributed by atoms with E-state index in [-0.39, 0.29) is 0 Å². The molecule has 4 heteroatoms. The zero-order valence-corrected chi connectivity index (χ0v) is 12.1. The van der Waals surface area contributed by atoms with Crippen LogP contribution < -0.4 is 5.32 Å². The molecule has 20 heavy (non-hydrogen) atoms. The number of alkyl carbamates (subject to hydrolysis) is 1. The summed E-state index contributed by atoms with van der Waals surface area (Å²) >= 11 is 0. The first-order valence-electron chi connectivity index (χ1n) is 6.65. The molecule has 1 heterocycles. The molecule has 0 bridgehead atoms. The minimum atomic E-state index is -0.469. The normalized spacial score (nSPS) is 11.9. The van der Waals surface area contributed by atoms with Crippen LogP contribution in [0.1, 0.15) is 26.3 Å². The topological polar surface area (TPSA) is 54.1 Å². The van der Waals surface area contributed by atoms with Crippen molar-refractivity contribution in [3.63, 3.8) is 0 Å². The number of hydrogen-bond acceptors (Lipinski definition) is 2. The predicted molar refractivity (Wildman–Crippen MR) is 81.6 cm³/mol. The molecular formula is C16H20N2O2. The van der Waals surface area contributed by atoms with Gasteiger partial charge in [-0.05, 0) is 37.8 Å². The van der Waals surface area contributed by atoms with Crippen LogP contribution in [0, 0.1) is 0 Å². The number of hydrogen-bond donors (Lipinski definition) is 2. The van der Waals surface area contributed by atoms with E-state index < -0.39 is 11.7 Å². The monoisotopic (exact) mass is 272 g/mol. The van der Waals surface area contributed by atoms with E-state index in [1.54, 1.807) is 0 Å². The molecule has 1 aromatic heterocycles. The second-order valence-corrected chi connectivity index (χ2v) is 5.57. The molecule has 0 saturated heterocycles. The SMILES string of the molecule is CC(C)(C)OC(=O)NCC=Cc1cccc2cc[nH]c12. The Morgan fingerprint density at radius 2 is 2.15 bits per heavy atom. The number of carbonyl (C=O) groups excluding carboxylic acids is 1. The van der Waals surface area contributed by atoms with Crippen molar-refractivity contribution in [3.8, 4) is 0 Å². The lowest BCUT2D eigenvalue weighted by Crippen LogP contribution is -2.32. The van der Waals surface area contributed by atoms with Gasteiger partial charge in [-0.2, -0.15) is 0 Å². The van der Waals surface area contributed by atoms with Gasteiger partial charge in [-0.3, -0.25) is 0 Å². The lowest BCUT2D eigenvalue weighted by Gasteiger charge is -2.19. The van der Waals surface area contributed by atoms with Crippen molar-refractivity contribution in [2.45, 2.75) is 26.4 Å². The summed E-state index contributed by atoms with van der Waals surface area (Å²) in [4.78, 5) is 14.7. The molecule has 2 rings (SSSR count). The fourth-order valence-electron chi connectivity index (χ4n) is 1.89. The highest BCUT2D eigenvalue weighted by Crippen LogP contribution is 2.17. The van der Waals surface area contributed by atoms with Crippen molar-refractivity contribution >= 4 is 23.1 Å². The molecular weight excluding hydrogens is 252 g/mol. The quantitative estimate of drug-likeness (QED) is 0.895. The summed E-state index contributed by atoms with van der Waals surface area (Å²) in [5.41, 5.74) is 1.73. The largest absolute Gasteiger partial charge is 0.444 e. The van der Waals surface area contributed by atoms with Gasteiger partial charge in [-0.1, -0.05) is 30.4 Å². The summed E-state index contributed by atoms with van der Waals surface area (Å²) in [7, 11) is 0. The first-order chi connectivity index (χ1) is 9.46. The zero-order chi connectivity index (χ0) is 14.6. The molecule has 1 amide bonds. The Morgan fingerprint density at radius 1 is 1.35 bits per heavy atom. The number of rotatable bonds is 3. The van der Waals surface area contributed by atoms with Gasteiger partial charge >= 0.3 is 6.09 Å². The maximum absolute atomic E-state index is 11.5. The van der Waals surface area contributed by atoms with Gasteiger partial charge in [0, 0.05) is 12.7 Å². The van der Waals surface area contributed by atoms with Gasteiger partial charge in [0.2, 0.25) is 0 Å². The number of amides is 1. The highest BCUT2D eigenvalue weighted by molar-refractivity contribution is 5.87. The molecule has 1 aromatic carbocycles. The minimum absolute atomic E-state index is 0.403. The molecule has 0 aliphatic heterocycles. The number of ether oxygens (including phenoxy) is 1. The Labute approximate surface area is 118 Å². The molecule has 0 aliphatic rings. The molecule has 2 N–H and O–H groups in total. The first kappa shape index (κ1) is 14.2. The maximum Gasteiger partial charge on any atom is 0.407 e. The number of H-pyrrole nitrogens is 1. The van der Waals surface area contributed by atoms with Gasteiger partial charge < -0.3 is 15.0 Å². The Bertz CT molecular complexity index is 621. The molecule has 0 radical (unpaired) electrons. The van der Waals surface area contributed by atoms with Gasteiger partial charge in [0.05, 0.1) is 5.52 Å². The highest BCUT2D eigenvalue weighted by atomic mass is 16.6. The molecule has 0 atom stereocenters. The molecule has 0 saturated carbocycles. The molecule has 106 valence electrons. The van der Waals surface area contributed by atoms with E-state index in [1.807, 2.05) is 57.3 Å². The number of fused-ring (bicyclic) bond motifs is 1. The van der Waals surface area contributed by atoms with Gasteiger partial charge in [-0.25, -0.2) is 4.79 Å². The van der Waals surface area contributed by atoms with Gasteiger partial charge in [0.1, 0.15) is 5.60 Å². The third kappa shape index (κ3) is 3.88.